The van der Waals surface area contributed by atoms with Crippen LogP contribution in [0, 0.1) is 46.3 Å². The van der Waals surface area contributed by atoms with E-state index >= 15 is 0 Å². The van der Waals surface area contributed by atoms with E-state index in [0.717, 1.165) is 44.9 Å². The van der Waals surface area contributed by atoms with Crippen molar-refractivity contribution in [2.24, 2.45) is 46.3 Å². The van der Waals surface area contributed by atoms with E-state index in [4.69, 9.17) is 5.11 Å². The first-order valence-corrected chi connectivity index (χ1v) is 12.9. The fourth-order valence-electron chi connectivity index (χ4n) is 9.00. The number of nitrogens with one attached hydrogen (secondary N) is 1. The lowest BCUT2D eigenvalue weighted by molar-refractivity contribution is -0.174. The van der Waals surface area contributed by atoms with Crippen LogP contribution in [0.3, 0.4) is 0 Å². The van der Waals surface area contributed by atoms with Gasteiger partial charge in [-0.1, -0.05) is 20.8 Å². The molecule has 0 bridgehead atoms. The summed E-state index contributed by atoms with van der Waals surface area (Å²) in [5.41, 5.74) is 0.451. The summed E-state index contributed by atoms with van der Waals surface area (Å²) in [4.78, 5) is 22.7. The minimum absolute atomic E-state index is 0.177. The van der Waals surface area contributed by atoms with Gasteiger partial charge in [0, 0.05) is 6.42 Å². The Bertz CT molecular complexity index is 727. The van der Waals surface area contributed by atoms with Crippen LogP contribution in [0.1, 0.15) is 85.0 Å². The van der Waals surface area contributed by atoms with Crippen molar-refractivity contribution in [1.82, 2.24) is 5.32 Å². The molecule has 4 fully saturated rings. The lowest BCUT2D eigenvalue weighted by atomic mass is 9.43. The lowest BCUT2D eigenvalue weighted by Gasteiger charge is -2.62. The molecule has 32 heavy (non-hydrogen) atoms. The first-order chi connectivity index (χ1) is 15.1. The molecule has 4 aliphatic carbocycles. The molecule has 4 saturated carbocycles. The van der Waals surface area contributed by atoms with Crippen molar-refractivity contribution in [3.05, 3.63) is 0 Å². The van der Waals surface area contributed by atoms with Gasteiger partial charge in [0.1, 0.15) is 6.54 Å². The van der Waals surface area contributed by atoms with Crippen LogP contribution in [0.25, 0.3) is 0 Å². The van der Waals surface area contributed by atoms with Gasteiger partial charge in [-0.2, -0.15) is 0 Å². The zero-order valence-electron chi connectivity index (χ0n) is 20.1. The second-order valence-corrected chi connectivity index (χ2v) is 12.1. The minimum atomic E-state index is -1.01. The van der Waals surface area contributed by atoms with Gasteiger partial charge in [-0.3, -0.25) is 9.59 Å². The normalized spacial score (nSPS) is 46.5. The predicted molar refractivity (Wildman–Crippen MR) is 122 cm³/mol. The van der Waals surface area contributed by atoms with Crippen LogP contribution in [0.2, 0.25) is 0 Å². The summed E-state index contributed by atoms with van der Waals surface area (Å²) in [5, 5.41) is 32.8. The maximum absolute atomic E-state index is 12.0. The summed E-state index contributed by atoms with van der Waals surface area (Å²) in [5.74, 6) is 1.66. The fraction of sp³-hybridized carbons (Fsp3) is 0.923. The SMILES string of the molecule is C[C@H](CCC(=O)NCC(=O)O)C1CCC2C3C(CC[C@@]21C)[C@@]1(C)CC[C@@H](O)C[C@H]1C[C@H]3O. The number of hydrogen-bond donors (Lipinski definition) is 4. The molecule has 1 amide bonds. The fourth-order valence-corrected chi connectivity index (χ4v) is 9.00. The highest BCUT2D eigenvalue weighted by Gasteiger charge is 2.62. The summed E-state index contributed by atoms with van der Waals surface area (Å²) < 4.78 is 0. The van der Waals surface area contributed by atoms with Crippen molar-refractivity contribution >= 4 is 11.9 Å². The third-order valence-corrected chi connectivity index (χ3v) is 10.7. The third kappa shape index (κ3) is 4.11. The highest BCUT2D eigenvalue weighted by Crippen LogP contribution is 2.68. The van der Waals surface area contributed by atoms with Crippen LogP contribution in [-0.4, -0.2) is 45.9 Å². The number of rotatable bonds is 6. The molecule has 4 N–H and O–H groups in total. The van der Waals surface area contributed by atoms with Crippen LogP contribution in [0.5, 0.6) is 0 Å². The largest absolute Gasteiger partial charge is 0.480 e. The second-order valence-electron chi connectivity index (χ2n) is 12.1. The van der Waals surface area contributed by atoms with E-state index < -0.39 is 5.97 Å². The second kappa shape index (κ2) is 8.90. The molecular weight excluding hydrogens is 406 g/mol. The number of carbonyl (C=O) groups is 2. The van der Waals surface area contributed by atoms with Crippen LogP contribution < -0.4 is 5.32 Å². The molecule has 10 atom stereocenters. The molecule has 4 aliphatic rings. The number of carboxylic acids is 1. The standard InChI is InChI=1S/C26H43NO5/c1-15(4-7-22(30)27-14-23(31)32)18-5-6-19-24-20(9-11-26(18,19)3)25(2)10-8-17(28)12-16(25)13-21(24)29/h15-21,24,28-29H,4-14H2,1-3H3,(H,27,30)(H,31,32)/t15-,16+,17-,18?,19?,20?,21-,24?,25+,26-/m1/s1. The molecule has 4 rings (SSSR count). The Labute approximate surface area is 192 Å². The highest BCUT2D eigenvalue weighted by atomic mass is 16.4. The number of carboxylic acid groups (broad SMARTS) is 1. The maximum Gasteiger partial charge on any atom is 0.322 e. The average Bonchev–Trinajstić information content (AvgIpc) is 3.09. The van der Waals surface area contributed by atoms with Gasteiger partial charge in [0.2, 0.25) is 5.91 Å². The quantitative estimate of drug-likeness (QED) is 0.496. The van der Waals surface area contributed by atoms with Gasteiger partial charge in [-0.15, -0.1) is 0 Å². The number of aliphatic hydroxyl groups is 2. The van der Waals surface area contributed by atoms with Crippen molar-refractivity contribution < 1.29 is 24.9 Å². The van der Waals surface area contributed by atoms with Crippen molar-refractivity contribution in [1.29, 1.82) is 0 Å². The highest BCUT2D eigenvalue weighted by molar-refractivity contribution is 5.81. The van der Waals surface area contributed by atoms with E-state index in [1.54, 1.807) is 0 Å². The summed E-state index contributed by atoms with van der Waals surface area (Å²) >= 11 is 0. The first-order valence-electron chi connectivity index (χ1n) is 12.9. The maximum atomic E-state index is 12.0. The Morgan fingerprint density at radius 1 is 1.00 bits per heavy atom. The number of fused-ring (bicyclic) bond motifs is 5. The summed E-state index contributed by atoms with van der Waals surface area (Å²) in [6.45, 7) is 6.83. The molecule has 182 valence electrons. The lowest BCUT2D eigenvalue weighted by Crippen LogP contribution is -2.58. The van der Waals surface area contributed by atoms with E-state index in [0.29, 0.717) is 41.9 Å². The molecule has 0 aromatic heterocycles. The van der Waals surface area contributed by atoms with E-state index in [2.05, 4.69) is 26.1 Å². The molecule has 0 spiro atoms. The van der Waals surface area contributed by atoms with E-state index in [9.17, 15) is 19.8 Å². The Kier molecular flexibility index (Phi) is 6.68. The number of hydrogen-bond acceptors (Lipinski definition) is 4. The Morgan fingerprint density at radius 3 is 2.41 bits per heavy atom. The van der Waals surface area contributed by atoms with Gasteiger partial charge in [0.05, 0.1) is 12.2 Å². The predicted octanol–water partition coefficient (Wildman–Crippen LogP) is 3.59. The number of aliphatic hydroxyl groups excluding tert-OH is 2. The molecule has 0 heterocycles. The van der Waals surface area contributed by atoms with Crippen LogP contribution in [0.4, 0.5) is 0 Å². The molecule has 0 saturated heterocycles. The summed E-state index contributed by atoms with van der Waals surface area (Å²) in [7, 11) is 0. The van der Waals surface area contributed by atoms with Crippen LogP contribution >= 0.6 is 0 Å². The van der Waals surface area contributed by atoms with Gasteiger partial charge < -0.3 is 20.6 Å². The third-order valence-electron chi connectivity index (χ3n) is 10.7. The van der Waals surface area contributed by atoms with Crippen molar-refractivity contribution in [3.8, 4) is 0 Å². The van der Waals surface area contributed by atoms with Gasteiger partial charge >= 0.3 is 5.97 Å². The van der Waals surface area contributed by atoms with Gasteiger partial charge in [-0.05, 0) is 104 Å². The minimum Gasteiger partial charge on any atom is -0.480 e. The molecule has 6 heteroatoms. The molecule has 0 aromatic carbocycles. The zero-order valence-corrected chi connectivity index (χ0v) is 20.1. The van der Waals surface area contributed by atoms with Crippen molar-refractivity contribution in [3.63, 3.8) is 0 Å². The van der Waals surface area contributed by atoms with Crippen LogP contribution in [0.15, 0.2) is 0 Å². The topological polar surface area (TPSA) is 107 Å². The number of amides is 1. The van der Waals surface area contributed by atoms with Gasteiger partial charge in [0.25, 0.3) is 0 Å². The Hall–Kier alpha value is -1.14. The Morgan fingerprint density at radius 2 is 1.69 bits per heavy atom. The zero-order chi connectivity index (χ0) is 23.3. The average molecular weight is 450 g/mol. The van der Waals surface area contributed by atoms with E-state index in [1.807, 2.05) is 0 Å². The molecule has 0 aliphatic heterocycles. The monoisotopic (exact) mass is 449 g/mol. The first kappa shape index (κ1) is 24.0. The smallest absolute Gasteiger partial charge is 0.322 e. The summed E-state index contributed by atoms with van der Waals surface area (Å²) in [6, 6.07) is 0. The van der Waals surface area contributed by atoms with Crippen molar-refractivity contribution in [2.45, 2.75) is 97.2 Å². The van der Waals surface area contributed by atoms with Gasteiger partial charge in [0.15, 0.2) is 0 Å². The molecule has 4 unspecified atom stereocenters. The molecule has 6 nitrogen and oxygen atoms in total. The summed E-state index contributed by atoms with van der Waals surface area (Å²) in [6.07, 6.45) is 9.06. The van der Waals surface area contributed by atoms with Crippen LogP contribution in [-0.2, 0) is 9.59 Å². The van der Waals surface area contributed by atoms with Gasteiger partial charge in [-0.25, -0.2) is 0 Å². The number of aliphatic carboxylic acids is 1. The Balaban J connectivity index is 1.44. The molecule has 0 aromatic rings. The van der Waals surface area contributed by atoms with Crippen molar-refractivity contribution in [2.75, 3.05) is 6.54 Å². The van der Waals surface area contributed by atoms with E-state index in [1.165, 1.54) is 12.8 Å². The van der Waals surface area contributed by atoms with E-state index in [-0.39, 0.29) is 35.5 Å². The molecular formula is C26H43NO5. The number of carbonyl (C=O) groups excluding carboxylic acids is 1. The molecule has 0 radical (unpaired) electrons.